The van der Waals surface area contributed by atoms with Crippen molar-refractivity contribution in [1.82, 2.24) is 4.90 Å². The Labute approximate surface area is 161 Å². The number of nitrogens with zero attached hydrogens (tertiary/aromatic N) is 1. The lowest BCUT2D eigenvalue weighted by Gasteiger charge is -2.20. The number of alkyl halides is 1. The molecule has 0 radical (unpaired) electrons. The molecule has 2 aromatic carbocycles. The van der Waals surface area contributed by atoms with Gasteiger partial charge < -0.3 is 10.4 Å². The van der Waals surface area contributed by atoms with E-state index < -0.39 is 60.3 Å². The summed E-state index contributed by atoms with van der Waals surface area (Å²) < 4.78 is 55.6. The lowest BCUT2D eigenvalue weighted by atomic mass is 10.0. The molecule has 1 aliphatic rings. The van der Waals surface area contributed by atoms with Crippen LogP contribution < -0.4 is 5.32 Å². The molecule has 0 aliphatic carbocycles. The van der Waals surface area contributed by atoms with Gasteiger partial charge in [-0.05, 0) is 24.3 Å². The minimum atomic E-state index is -1.54. The maximum absolute atomic E-state index is 14.9. The van der Waals surface area contributed by atoms with Crippen LogP contribution in [0.5, 0.6) is 0 Å². The standard InChI is InChI=1S/C18H13ClF4N2O3/c19-13-4-8(20)1-2-11(13)12-3-9(21)5-14(16(12)23)24-17(26)15-6-10(22)7-25(15)18(27)28/h1-5,10,15H,6-7H2,(H,24,26)(H,27,28). The van der Waals surface area contributed by atoms with E-state index in [1.807, 2.05) is 0 Å². The Bertz CT molecular complexity index is 957. The third-order valence-electron chi connectivity index (χ3n) is 4.31. The number of hydrogen-bond acceptors (Lipinski definition) is 2. The normalized spacial score (nSPS) is 19.0. The number of carbonyl (C=O) groups is 2. The average Bonchev–Trinajstić information content (AvgIpc) is 3.00. The fraction of sp³-hybridized carbons (Fsp3) is 0.222. The molecule has 5 nitrogen and oxygen atoms in total. The summed E-state index contributed by atoms with van der Waals surface area (Å²) in [7, 11) is 0. The summed E-state index contributed by atoms with van der Waals surface area (Å²) in [5, 5.41) is 11.0. The Morgan fingerprint density at radius 3 is 2.46 bits per heavy atom. The number of carbonyl (C=O) groups excluding carboxylic acids is 1. The highest BCUT2D eigenvalue weighted by Gasteiger charge is 2.40. The van der Waals surface area contributed by atoms with Crippen molar-refractivity contribution in [2.24, 2.45) is 0 Å². The van der Waals surface area contributed by atoms with Gasteiger partial charge in [-0.1, -0.05) is 11.6 Å². The summed E-state index contributed by atoms with van der Waals surface area (Å²) in [6.07, 6.45) is -3.44. The van der Waals surface area contributed by atoms with Gasteiger partial charge in [-0.3, -0.25) is 9.69 Å². The van der Waals surface area contributed by atoms with Crippen LogP contribution in [0.15, 0.2) is 30.3 Å². The number of hydrogen-bond donors (Lipinski definition) is 2. The van der Waals surface area contributed by atoms with Gasteiger partial charge in [0.15, 0.2) is 5.82 Å². The summed E-state index contributed by atoms with van der Waals surface area (Å²) in [5.41, 5.74) is -0.911. The predicted octanol–water partition coefficient (Wildman–Crippen LogP) is 4.45. The van der Waals surface area contributed by atoms with Gasteiger partial charge in [-0.2, -0.15) is 0 Å². The van der Waals surface area contributed by atoms with Gasteiger partial charge in [-0.25, -0.2) is 22.4 Å². The Kier molecular flexibility index (Phi) is 5.46. The van der Waals surface area contributed by atoms with E-state index in [9.17, 15) is 27.2 Å². The summed E-state index contributed by atoms with van der Waals surface area (Å²) in [6, 6.07) is 3.21. The minimum absolute atomic E-state index is 0.00702. The van der Waals surface area contributed by atoms with Crippen LogP contribution in [0, 0.1) is 17.5 Å². The number of halogens is 5. The van der Waals surface area contributed by atoms with Crippen LogP contribution in [0.25, 0.3) is 11.1 Å². The van der Waals surface area contributed by atoms with E-state index in [4.69, 9.17) is 16.7 Å². The zero-order valence-corrected chi connectivity index (χ0v) is 14.8. The van der Waals surface area contributed by atoms with Crippen molar-refractivity contribution in [3.8, 4) is 11.1 Å². The molecule has 3 rings (SSSR count). The second-order valence-electron chi connectivity index (χ2n) is 6.21. The van der Waals surface area contributed by atoms with Gasteiger partial charge in [0.1, 0.15) is 23.8 Å². The van der Waals surface area contributed by atoms with E-state index in [-0.39, 0.29) is 16.1 Å². The third-order valence-corrected chi connectivity index (χ3v) is 4.63. The Morgan fingerprint density at radius 2 is 1.82 bits per heavy atom. The molecule has 2 N–H and O–H groups in total. The van der Waals surface area contributed by atoms with Gasteiger partial charge in [0.05, 0.1) is 17.3 Å². The number of nitrogens with one attached hydrogen (secondary N) is 1. The topological polar surface area (TPSA) is 69.6 Å². The van der Waals surface area contributed by atoms with Crippen molar-refractivity contribution in [3.63, 3.8) is 0 Å². The van der Waals surface area contributed by atoms with Crippen LogP contribution in [-0.2, 0) is 4.79 Å². The monoisotopic (exact) mass is 416 g/mol. The number of carboxylic acid groups (broad SMARTS) is 1. The molecule has 1 heterocycles. The molecule has 0 spiro atoms. The molecule has 1 fully saturated rings. The van der Waals surface area contributed by atoms with Gasteiger partial charge in [-0.15, -0.1) is 0 Å². The first kappa shape index (κ1) is 19.9. The molecule has 2 unspecified atom stereocenters. The van der Waals surface area contributed by atoms with E-state index in [2.05, 4.69) is 5.32 Å². The second-order valence-corrected chi connectivity index (χ2v) is 6.62. The van der Waals surface area contributed by atoms with Crippen molar-refractivity contribution in [1.29, 1.82) is 0 Å². The summed E-state index contributed by atoms with van der Waals surface area (Å²) in [6.45, 7) is -0.491. The molecule has 2 aromatic rings. The van der Waals surface area contributed by atoms with Crippen molar-refractivity contribution in [3.05, 3.63) is 52.8 Å². The first-order valence-electron chi connectivity index (χ1n) is 8.06. The zero-order valence-electron chi connectivity index (χ0n) is 14.1. The van der Waals surface area contributed by atoms with Gasteiger partial charge >= 0.3 is 6.09 Å². The minimum Gasteiger partial charge on any atom is -0.465 e. The highest BCUT2D eigenvalue weighted by molar-refractivity contribution is 6.33. The molecule has 0 aromatic heterocycles. The number of anilines is 1. The lowest BCUT2D eigenvalue weighted by Crippen LogP contribution is -2.42. The Morgan fingerprint density at radius 1 is 1.11 bits per heavy atom. The summed E-state index contributed by atoms with van der Waals surface area (Å²) in [4.78, 5) is 24.1. The molecule has 2 atom stereocenters. The Balaban J connectivity index is 1.94. The quantitative estimate of drug-likeness (QED) is 0.726. The molecule has 148 valence electrons. The highest BCUT2D eigenvalue weighted by atomic mass is 35.5. The molecule has 1 saturated heterocycles. The van der Waals surface area contributed by atoms with Crippen molar-refractivity contribution in [2.45, 2.75) is 18.6 Å². The fourth-order valence-electron chi connectivity index (χ4n) is 3.04. The van der Waals surface area contributed by atoms with E-state index in [1.165, 1.54) is 0 Å². The first-order valence-corrected chi connectivity index (χ1v) is 8.44. The summed E-state index contributed by atoms with van der Waals surface area (Å²) in [5.74, 6) is -3.64. The SMILES string of the molecule is O=C(Nc1cc(F)cc(-c2ccc(F)cc2Cl)c1F)C1CC(F)CN1C(=O)O. The van der Waals surface area contributed by atoms with Gasteiger partial charge in [0.2, 0.25) is 5.91 Å². The molecule has 2 amide bonds. The van der Waals surface area contributed by atoms with E-state index in [0.29, 0.717) is 11.0 Å². The maximum Gasteiger partial charge on any atom is 0.408 e. The van der Waals surface area contributed by atoms with Crippen molar-refractivity contribution < 1.29 is 32.3 Å². The molecular formula is C18H13ClF4N2O3. The van der Waals surface area contributed by atoms with Crippen LogP contribution in [0.3, 0.4) is 0 Å². The molecular weight excluding hydrogens is 404 g/mol. The van der Waals surface area contributed by atoms with E-state index in [0.717, 1.165) is 24.3 Å². The maximum atomic E-state index is 14.9. The number of likely N-dealkylation sites (tertiary alicyclic amines) is 1. The molecule has 1 aliphatic heterocycles. The van der Waals surface area contributed by atoms with Crippen molar-refractivity contribution >= 4 is 29.3 Å². The predicted molar refractivity (Wildman–Crippen MR) is 93.4 cm³/mol. The fourth-order valence-corrected chi connectivity index (χ4v) is 3.31. The number of benzene rings is 2. The number of amides is 2. The highest BCUT2D eigenvalue weighted by Crippen LogP contribution is 2.34. The zero-order chi connectivity index (χ0) is 20.6. The average molecular weight is 417 g/mol. The smallest absolute Gasteiger partial charge is 0.408 e. The van der Waals surface area contributed by atoms with Gasteiger partial charge in [0, 0.05) is 23.6 Å². The molecule has 0 saturated carbocycles. The van der Waals surface area contributed by atoms with Crippen LogP contribution in [0.1, 0.15) is 6.42 Å². The molecule has 10 heteroatoms. The lowest BCUT2D eigenvalue weighted by molar-refractivity contribution is -0.120. The molecule has 28 heavy (non-hydrogen) atoms. The second kappa shape index (κ2) is 7.67. The first-order chi connectivity index (χ1) is 13.2. The molecule has 0 bridgehead atoms. The van der Waals surface area contributed by atoms with Crippen LogP contribution in [-0.4, -0.2) is 40.8 Å². The van der Waals surface area contributed by atoms with Crippen LogP contribution in [0.4, 0.5) is 28.0 Å². The van der Waals surface area contributed by atoms with Crippen LogP contribution >= 0.6 is 11.6 Å². The number of rotatable bonds is 3. The third kappa shape index (κ3) is 3.89. The van der Waals surface area contributed by atoms with E-state index >= 15 is 0 Å². The summed E-state index contributed by atoms with van der Waals surface area (Å²) >= 11 is 5.89. The van der Waals surface area contributed by atoms with Crippen LogP contribution in [0.2, 0.25) is 5.02 Å². The van der Waals surface area contributed by atoms with Gasteiger partial charge in [0.25, 0.3) is 0 Å². The largest absolute Gasteiger partial charge is 0.465 e. The van der Waals surface area contributed by atoms with Crippen molar-refractivity contribution in [2.75, 3.05) is 11.9 Å². The Hall–Kier alpha value is -2.81. The van der Waals surface area contributed by atoms with E-state index in [1.54, 1.807) is 0 Å².